The van der Waals surface area contributed by atoms with E-state index in [2.05, 4.69) is 71.9 Å². The van der Waals surface area contributed by atoms with E-state index >= 15 is 0 Å². The quantitative estimate of drug-likeness (QED) is 0.550. The lowest BCUT2D eigenvalue weighted by Crippen LogP contribution is -2.23. The molecule has 2 aromatic carbocycles. The molecule has 0 aliphatic rings. The second-order valence-electron chi connectivity index (χ2n) is 6.27. The van der Waals surface area contributed by atoms with Crippen molar-refractivity contribution in [1.29, 1.82) is 0 Å². The van der Waals surface area contributed by atoms with E-state index in [4.69, 9.17) is 0 Å². The molecule has 26 heavy (non-hydrogen) atoms. The lowest BCUT2D eigenvalue weighted by Gasteiger charge is -2.15. The van der Waals surface area contributed by atoms with Gasteiger partial charge in [0.2, 0.25) is 5.91 Å². The Balaban J connectivity index is 1.73. The van der Waals surface area contributed by atoms with Gasteiger partial charge in [0.05, 0.1) is 0 Å². The first kappa shape index (κ1) is 19.8. The molecule has 0 unspecified atom stereocenters. The standard InChI is InChI=1S/C23H28N2O/c1-3-12-23(26)25-18-10-6-4-5-9-17-24-19(2)21-16-11-14-20-13-7-8-15-22(20)21/h5,7-9,11,13-16,19,24H,3,10,12,17-18H2,1-2H3,(H,25,26)/t19-/m1/s1. The van der Waals surface area contributed by atoms with Crippen LogP contribution in [0.3, 0.4) is 0 Å². The third-order valence-corrected chi connectivity index (χ3v) is 4.18. The molecule has 0 radical (unpaired) electrons. The number of carbonyl (C=O) groups excluding carboxylic acids is 1. The molecule has 2 aromatic rings. The first-order valence-corrected chi connectivity index (χ1v) is 9.33. The van der Waals surface area contributed by atoms with Crippen molar-refractivity contribution < 1.29 is 4.79 Å². The number of fused-ring (bicyclic) bond motifs is 1. The minimum atomic E-state index is 0.108. The number of rotatable bonds is 8. The van der Waals surface area contributed by atoms with Crippen molar-refractivity contribution in [3.63, 3.8) is 0 Å². The third kappa shape index (κ3) is 6.38. The molecule has 2 rings (SSSR count). The fourth-order valence-electron chi connectivity index (χ4n) is 2.81. The fourth-order valence-corrected chi connectivity index (χ4v) is 2.81. The lowest BCUT2D eigenvalue weighted by molar-refractivity contribution is -0.121. The molecule has 3 heteroatoms. The maximum absolute atomic E-state index is 11.3. The van der Waals surface area contributed by atoms with E-state index in [1.165, 1.54) is 16.3 Å². The van der Waals surface area contributed by atoms with Gasteiger partial charge in [0, 0.05) is 32.0 Å². The van der Waals surface area contributed by atoms with Crippen LogP contribution in [0.2, 0.25) is 0 Å². The van der Waals surface area contributed by atoms with Gasteiger partial charge in [0.1, 0.15) is 0 Å². The molecule has 0 spiro atoms. The number of nitrogens with one attached hydrogen (secondary N) is 2. The van der Waals surface area contributed by atoms with Crippen LogP contribution in [0, 0.1) is 11.8 Å². The van der Waals surface area contributed by atoms with E-state index in [9.17, 15) is 4.79 Å². The Hall–Kier alpha value is -2.57. The van der Waals surface area contributed by atoms with Crippen molar-refractivity contribution in [3.8, 4) is 11.8 Å². The van der Waals surface area contributed by atoms with Gasteiger partial charge in [0.15, 0.2) is 0 Å². The van der Waals surface area contributed by atoms with Gasteiger partial charge >= 0.3 is 0 Å². The predicted molar refractivity (Wildman–Crippen MR) is 110 cm³/mol. The first-order valence-electron chi connectivity index (χ1n) is 9.33. The topological polar surface area (TPSA) is 41.1 Å². The monoisotopic (exact) mass is 348 g/mol. The largest absolute Gasteiger partial charge is 0.355 e. The zero-order valence-electron chi connectivity index (χ0n) is 15.7. The molecule has 0 saturated heterocycles. The molecule has 0 aliphatic heterocycles. The van der Waals surface area contributed by atoms with E-state index < -0.39 is 0 Å². The van der Waals surface area contributed by atoms with Crippen LogP contribution in [-0.2, 0) is 4.79 Å². The Morgan fingerprint density at radius 2 is 2.00 bits per heavy atom. The molecular weight excluding hydrogens is 320 g/mol. The van der Waals surface area contributed by atoms with E-state index in [-0.39, 0.29) is 11.9 Å². The molecule has 0 bridgehead atoms. The summed E-state index contributed by atoms with van der Waals surface area (Å²) in [4.78, 5) is 11.3. The Labute approximate surface area is 156 Å². The van der Waals surface area contributed by atoms with Gasteiger partial charge in [-0.1, -0.05) is 67.3 Å². The van der Waals surface area contributed by atoms with Crippen LogP contribution in [0.4, 0.5) is 0 Å². The number of allylic oxidation sites excluding steroid dienone is 1. The summed E-state index contributed by atoms with van der Waals surface area (Å²) in [7, 11) is 0. The van der Waals surface area contributed by atoms with E-state index in [0.717, 1.165) is 13.0 Å². The van der Waals surface area contributed by atoms with Crippen LogP contribution in [0.1, 0.15) is 44.7 Å². The second kappa shape index (κ2) is 11.1. The fraction of sp³-hybridized carbons (Fsp3) is 0.348. The summed E-state index contributed by atoms with van der Waals surface area (Å²) >= 11 is 0. The zero-order chi connectivity index (χ0) is 18.6. The van der Waals surface area contributed by atoms with Crippen LogP contribution >= 0.6 is 0 Å². The molecular formula is C23H28N2O. The molecule has 0 heterocycles. The Morgan fingerprint density at radius 1 is 1.19 bits per heavy atom. The maximum Gasteiger partial charge on any atom is 0.220 e. The van der Waals surface area contributed by atoms with E-state index in [0.29, 0.717) is 19.4 Å². The highest BCUT2D eigenvalue weighted by Crippen LogP contribution is 2.23. The molecule has 0 aliphatic carbocycles. The van der Waals surface area contributed by atoms with Gasteiger partial charge in [-0.2, -0.15) is 0 Å². The van der Waals surface area contributed by atoms with Gasteiger partial charge in [0.25, 0.3) is 0 Å². The number of hydrogen-bond acceptors (Lipinski definition) is 2. The number of hydrogen-bond donors (Lipinski definition) is 2. The Bertz CT molecular complexity index is 793. The summed E-state index contributed by atoms with van der Waals surface area (Å²) in [6, 6.07) is 15.2. The molecule has 0 saturated carbocycles. The van der Waals surface area contributed by atoms with Crippen molar-refractivity contribution in [3.05, 3.63) is 60.2 Å². The highest BCUT2D eigenvalue weighted by atomic mass is 16.1. The normalized spacial score (nSPS) is 11.9. The molecule has 0 fully saturated rings. The lowest BCUT2D eigenvalue weighted by atomic mass is 10.00. The first-order chi connectivity index (χ1) is 12.7. The average molecular weight is 348 g/mol. The van der Waals surface area contributed by atoms with Crippen LogP contribution < -0.4 is 10.6 Å². The van der Waals surface area contributed by atoms with Gasteiger partial charge in [-0.3, -0.25) is 4.79 Å². The summed E-state index contributed by atoms with van der Waals surface area (Å²) in [5.41, 5.74) is 1.31. The van der Waals surface area contributed by atoms with Crippen molar-refractivity contribution in [2.45, 2.75) is 39.2 Å². The smallest absolute Gasteiger partial charge is 0.220 e. The second-order valence-corrected chi connectivity index (χ2v) is 6.27. The number of amides is 1. The molecule has 1 atom stereocenters. The van der Waals surface area contributed by atoms with Gasteiger partial charge in [-0.15, -0.1) is 0 Å². The zero-order valence-corrected chi connectivity index (χ0v) is 15.7. The molecule has 0 aromatic heterocycles. The molecule has 2 N–H and O–H groups in total. The third-order valence-electron chi connectivity index (χ3n) is 4.18. The Morgan fingerprint density at radius 3 is 2.85 bits per heavy atom. The maximum atomic E-state index is 11.3. The van der Waals surface area contributed by atoms with Crippen molar-refractivity contribution in [1.82, 2.24) is 10.6 Å². The summed E-state index contributed by atoms with van der Waals surface area (Å²) < 4.78 is 0. The van der Waals surface area contributed by atoms with Crippen molar-refractivity contribution in [2.75, 3.05) is 13.1 Å². The predicted octanol–water partition coefficient (Wildman–Crippen LogP) is 4.36. The van der Waals surface area contributed by atoms with Crippen molar-refractivity contribution in [2.24, 2.45) is 0 Å². The summed E-state index contributed by atoms with van der Waals surface area (Å²) in [5.74, 6) is 6.17. The van der Waals surface area contributed by atoms with Crippen LogP contribution in [0.15, 0.2) is 54.6 Å². The SMILES string of the molecule is CCCC(=O)NCCC#CC=CCN[C@H](C)c1cccc2ccccc12. The van der Waals surface area contributed by atoms with E-state index in [1.807, 2.05) is 19.1 Å². The number of benzene rings is 2. The van der Waals surface area contributed by atoms with Crippen molar-refractivity contribution >= 4 is 16.7 Å². The summed E-state index contributed by atoms with van der Waals surface area (Å²) in [6.45, 7) is 5.57. The van der Waals surface area contributed by atoms with Crippen LogP contribution in [0.25, 0.3) is 10.8 Å². The van der Waals surface area contributed by atoms with Gasteiger partial charge < -0.3 is 10.6 Å². The van der Waals surface area contributed by atoms with Crippen LogP contribution in [-0.4, -0.2) is 19.0 Å². The molecule has 3 nitrogen and oxygen atoms in total. The number of carbonyl (C=O) groups is 1. The molecule has 136 valence electrons. The highest BCUT2D eigenvalue weighted by molar-refractivity contribution is 5.86. The highest BCUT2D eigenvalue weighted by Gasteiger charge is 2.07. The van der Waals surface area contributed by atoms with E-state index in [1.54, 1.807) is 0 Å². The average Bonchev–Trinajstić information content (AvgIpc) is 2.66. The van der Waals surface area contributed by atoms with Gasteiger partial charge in [-0.25, -0.2) is 0 Å². The molecule has 1 amide bonds. The van der Waals surface area contributed by atoms with Gasteiger partial charge in [-0.05, 0) is 35.8 Å². The van der Waals surface area contributed by atoms with Crippen LogP contribution in [0.5, 0.6) is 0 Å². The summed E-state index contributed by atoms with van der Waals surface area (Å²) in [5, 5.41) is 8.93. The minimum absolute atomic E-state index is 0.108. The minimum Gasteiger partial charge on any atom is -0.355 e. The Kier molecular flexibility index (Phi) is 8.45. The summed E-state index contributed by atoms with van der Waals surface area (Å²) in [6.07, 6.45) is 6.05.